The largest absolute Gasteiger partial charge is 0.493 e. The molecule has 0 fully saturated rings. The van der Waals surface area contributed by atoms with Gasteiger partial charge < -0.3 is 14.8 Å². The van der Waals surface area contributed by atoms with Crippen LogP contribution >= 0.6 is 11.8 Å². The molecule has 0 atom stereocenters. The molecule has 0 aliphatic rings. The van der Waals surface area contributed by atoms with E-state index in [9.17, 15) is 4.79 Å². The van der Waals surface area contributed by atoms with Crippen LogP contribution in [0.5, 0.6) is 11.5 Å². The average Bonchev–Trinajstić information content (AvgIpc) is 2.57. The molecule has 2 rings (SSSR count). The number of hydrogen-bond acceptors (Lipinski definition) is 4. The Morgan fingerprint density at radius 3 is 2.50 bits per heavy atom. The number of amides is 1. The lowest BCUT2D eigenvalue weighted by molar-refractivity contribution is -0.113. The van der Waals surface area contributed by atoms with Gasteiger partial charge in [-0.1, -0.05) is 23.8 Å². The van der Waals surface area contributed by atoms with Crippen molar-refractivity contribution >= 4 is 23.4 Å². The Bertz CT molecular complexity index is 716. The van der Waals surface area contributed by atoms with Crippen molar-refractivity contribution in [1.29, 1.82) is 0 Å². The number of methoxy groups -OCH3 is 2. The summed E-state index contributed by atoms with van der Waals surface area (Å²) < 4.78 is 10.4. The van der Waals surface area contributed by atoms with Crippen LogP contribution in [0.1, 0.15) is 16.7 Å². The predicted octanol–water partition coefficient (Wildman–Crippen LogP) is 4.19. The fourth-order valence-electron chi connectivity index (χ4n) is 2.32. The molecular formula is C19H23NO3S. The number of anilines is 1. The standard InChI is InChI=1S/C19H23NO3S/c1-13-5-6-14(2)15(9-13)11-24-12-19(21)20-16-7-8-17(22-3)18(10-16)23-4/h5-10H,11-12H2,1-4H3,(H,20,21). The minimum Gasteiger partial charge on any atom is -0.493 e. The molecular weight excluding hydrogens is 322 g/mol. The van der Waals surface area contributed by atoms with E-state index in [1.165, 1.54) is 16.7 Å². The predicted molar refractivity (Wildman–Crippen MR) is 100 cm³/mol. The van der Waals surface area contributed by atoms with Crippen LogP contribution in [0.15, 0.2) is 36.4 Å². The van der Waals surface area contributed by atoms with Crippen LogP contribution in [-0.4, -0.2) is 25.9 Å². The van der Waals surface area contributed by atoms with Crippen LogP contribution < -0.4 is 14.8 Å². The summed E-state index contributed by atoms with van der Waals surface area (Å²) in [6.07, 6.45) is 0. The van der Waals surface area contributed by atoms with E-state index in [1.54, 1.807) is 44.2 Å². The van der Waals surface area contributed by atoms with Crippen molar-refractivity contribution < 1.29 is 14.3 Å². The molecule has 0 bridgehead atoms. The highest BCUT2D eigenvalue weighted by atomic mass is 32.2. The molecule has 1 amide bonds. The Labute approximate surface area is 147 Å². The lowest BCUT2D eigenvalue weighted by Gasteiger charge is -2.11. The Balaban J connectivity index is 1.88. The van der Waals surface area contributed by atoms with Crippen molar-refractivity contribution in [2.24, 2.45) is 0 Å². The van der Waals surface area contributed by atoms with Gasteiger partial charge in [-0.15, -0.1) is 11.8 Å². The number of aryl methyl sites for hydroxylation is 2. The molecule has 1 N–H and O–H groups in total. The smallest absolute Gasteiger partial charge is 0.234 e. The van der Waals surface area contributed by atoms with E-state index in [-0.39, 0.29) is 5.91 Å². The zero-order chi connectivity index (χ0) is 17.5. The van der Waals surface area contributed by atoms with E-state index in [0.29, 0.717) is 22.9 Å². The first-order chi connectivity index (χ1) is 11.5. The maximum atomic E-state index is 12.1. The first-order valence-corrected chi connectivity index (χ1v) is 8.84. The van der Waals surface area contributed by atoms with Crippen LogP contribution in [0.4, 0.5) is 5.69 Å². The summed E-state index contributed by atoms with van der Waals surface area (Å²) in [6.45, 7) is 4.18. The van der Waals surface area contributed by atoms with Gasteiger partial charge in [0, 0.05) is 17.5 Å². The Morgan fingerprint density at radius 2 is 1.79 bits per heavy atom. The fraction of sp³-hybridized carbons (Fsp3) is 0.316. The topological polar surface area (TPSA) is 47.6 Å². The Hall–Kier alpha value is -2.14. The van der Waals surface area contributed by atoms with Gasteiger partial charge in [0.2, 0.25) is 5.91 Å². The van der Waals surface area contributed by atoms with Gasteiger partial charge in [-0.2, -0.15) is 0 Å². The van der Waals surface area contributed by atoms with E-state index in [0.717, 1.165) is 5.75 Å². The minimum absolute atomic E-state index is 0.0301. The Kier molecular flexibility index (Phi) is 6.55. The lowest BCUT2D eigenvalue weighted by atomic mass is 10.1. The van der Waals surface area contributed by atoms with E-state index in [4.69, 9.17) is 9.47 Å². The number of benzene rings is 2. The molecule has 0 spiro atoms. The molecule has 24 heavy (non-hydrogen) atoms. The van der Waals surface area contributed by atoms with Crippen LogP contribution in [0.3, 0.4) is 0 Å². The van der Waals surface area contributed by atoms with Gasteiger partial charge in [0.1, 0.15) is 0 Å². The molecule has 0 saturated carbocycles. The highest BCUT2D eigenvalue weighted by Crippen LogP contribution is 2.29. The average molecular weight is 345 g/mol. The third-order valence-corrected chi connectivity index (χ3v) is 4.64. The highest BCUT2D eigenvalue weighted by Gasteiger charge is 2.08. The van der Waals surface area contributed by atoms with Gasteiger partial charge in [-0.25, -0.2) is 0 Å². The van der Waals surface area contributed by atoms with E-state index in [2.05, 4.69) is 37.4 Å². The molecule has 0 aromatic heterocycles. The normalized spacial score (nSPS) is 10.3. The lowest BCUT2D eigenvalue weighted by Crippen LogP contribution is -2.14. The first kappa shape index (κ1) is 18.2. The van der Waals surface area contributed by atoms with E-state index < -0.39 is 0 Å². The third-order valence-electron chi connectivity index (χ3n) is 3.66. The monoisotopic (exact) mass is 345 g/mol. The zero-order valence-electron chi connectivity index (χ0n) is 14.5. The van der Waals surface area contributed by atoms with Crippen molar-refractivity contribution in [3.05, 3.63) is 53.1 Å². The van der Waals surface area contributed by atoms with Gasteiger partial charge in [0.25, 0.3) is 0 Å². The van der Waals surface area contributed by atoms with Crippen molar-refractivity contribution in [3.63, 3.8) is 0 Å². The van der Waals surface area contributed by atoms with E-state index in [1.807, 2.05) is 0 Å². The summed E-state index contributed by atoms with van der Waals surface area (Å²) in [4.78, 5) is 12.1. The second kappa shape index (κ2) is 8.64. The summed E-state index contributed by atoms with van der Waals surface area (Å²) in [6, 6.07) is 11.7. The number of nitrogens with one attached hydrogen (secondary N) is 1. The fourth-order valence-corrected chi connectivity index (χ4v) is 3.21. The molecule has 0 aliphatic carbocycles. The number of carbonyl (C=O) groups is 1. The molecule has 128 valence electrons. The van der Waals surface area contributed by atoms with Crippen LogP contribution in [0, 0.1) is 13.8 Å². The van der Waals surface area contributed by atoms with Crippen molar-refractivity contribution in [3.8, 4) is 11.5 Å². The third kappa shape index (κ3) is 4.93. The zero-order valence-corrected chi connectivity index (χ0v) is 15.3. The molecule has 2 aromatic carbocycles. The first-order valence-electron chi connectivity index (χ1n) is 7.69. The Morgan fingerprint density at radius 1 is 1.04 bits per heavy atom. The summed E-state index contributed by atoms with van der Waals surface area (Å²) in [5.41, 5.74) is 4.48. The van der Waals surface area contributed by atoms with Crippen LogP contribution in [0.25, 0.3) is 0 Å². The SMILES string of the molecule is COc1ccc(NC(=O)CSCc2cc(C)ccc2C)cc1OC. The second-order valence-corrected chi connectivity index (χ2v) is 6.53. The van der Waals surface area contributed by atoms with Gasteiger partial charge in [0.15, 0.2) is 11.5 Å². The quantitative estimate of drug-likeness (QED) is 0.817. The van der Waals surface area contributed by atoms with Gasteiger partial charge in [0.05, 0.1) is 20.0 Å². The van der Waals surface area contributed by atoms with Crippen LogP contribution in [0.2, 0.25) is 0 Å². The molecule has 4 nitrogen and oxygen atoms in total. The van der Waals surface area contributed by atoms with Crippen molar-refractivity contribution in [2.75, 3.05) is 25.3 Å². The van der Waals surface area contributed by atoms with Crippen molar-refractivity contribution in [1.82, 2.24) is 0 Å². The number of carbonyl (C=O) groups excluding carboxylic acids is 1. The molecule has 0 aliphatic heterocycles. The maximum absolute atomic E-state index is 12.1. The summed E-state index contributed by atoms with van der Waals surface area (Å²) in [5.74, 6) is 2.44. The second-order valence-electron chi connectivity index (χ2n) is 5.54. The minimum atomic E-state index is -0.0301. The summed E-state index contributed by atoms with van der Waals surface area (Å²) in [7, 11) is 3.16. The molecule has 0 saturated heterocycles. The molecule has 0 unspecified atom stereocenters. The highest BCUT2D eigenvalue weighted by molar-refractivity contribution is 7.99. The van der Waals surface area contributed by atoms with Gasteiger partial charge in [-0.05, 0) is 37.1 Å². The number of rotatable bonds is 7. The molecule has 0 heterocycles. The molecule has 2 aromatic rings. The maximum Gasteiger partial charge on any atom is 0.234 e. The van der Waals surface area contributed by atoms with E-state index >= 15 is 0 Å². The van der Waals surface area contributed by atoms with Crippen molar-refractivity contribution in [2.45, 2.75) is 19.6 Å². The molecule has 0 radical (unpaired) electrons. The number of hydrogen-bond donors (Lipinski definition) is 1. The summed E-state index contributed by atoms with van der Waals surface area (Å²) >= 11 is 1.61. The van der Waals surface area contributed by atoms with Gasteiger partial charge >= 0.3 is 0 Å². The number of ether oxygens (including phenoxy) is 2. The van der Waals surface area contributed by atoms with Crippen LogP contribution in [-0.2, 0) is 10.5 Å². The molecule has 5 heteroatoms. The number of thioether (sulfide) groups is 1. The summed E-state index contributed by atoms with van der Waals surface area (Å²) in [5, 5.41) is 2.88. The van der Waals surface area contributed by atoms with Gasteiger partial charge in [-0.3, -0.25) is 4.79 Å².